The van der Waals surface area contributed by atoms with Crippen molar-refractivity contribution >= 4 is 23.2 Å². The van der Waals surface area contributed by atoms with Crippen LogP contribution in [0.5, 0.6) is 5.75 Å². The lowest BCUT2D eigenvalue weighted by molar-refractivity contribution is -0.256. The van der Waals surface area contributed by atoms with Crippen molar-refractivity contribution < 1.29 is 19.0 Å². The van der Waals surface area contributed by atoms with Gasteiger partial charge in [-0.1, -0.05) is 23.7 Å². The van der Waals surface area contributed by atoms with Gasteiger partial charge in [-0.15, -0.1) is 0 Å². The fraction of sp³-hybridized carbons (Fsp3) is 0.316. The van der Waals surface area contributed by atoms with Crippen molar-refractivity contribution in [3.63, 3.8) is 0 Å². The van der Waals surface area contributed by atoms with Crippen LogP contribution in [0.15, 0.2) is 42.5 Å². The molecule has 1 amide bonds. The topological polar surface area (TPSA) is 48.0 Å². The molecule has 0 radical (unpaired) electrons. The van der Waals surface area contributed by atoms with Crippen molar-refractivity contribution in [3.8, 4) is 5.75 Å². The van der Waals surface area contributed by atoms with Gasteiger partial charge in [-0.3, -0.25) is 4.79 Å². The molecule has 2 aliphatic heterocycles. The van der Waals surface area contributed by atoms with Crippen LogP contribution in [0.4, 0.5) is 5.69 Å². The number of hydrogen-bond donors (Lipinski definition) is 0. The molecule has 0 saturated carbocycles. The third kappa shape index (κ3) is 2.68. The number of rotatable bonds is 3. The van der Waals surface area contributed by atoms with Gasteiger partial charge < -0.3 is 19.1 Å². The summed E-state index contributed by atoms with van der Waals surface area (Å²) in [6, 6.07) is 13.0. The predicted octanol–water partition coefficient (Wildman–Crippen LogP) is 3.49. The van der Waals surface area contributed by atoms with Gasteiger partial charge in [0.15, 0.2) is 0 Å². The van der Waals surface area contributed by atoms with E-state index in [1.807, 2.05) is 30.3 Å². The molecule has 2 heterocycles. The quantitative estimate of drug-likeness (QED) is 0.841. The summed E-state index contributed by atoms with van der Waals surface area (Å²) < 4.78 is 16.8. The number of halogens is 1. The first-order valence-electron chi connectivity index (χ1n) is 8.17. The van der Waals surface area contributed by atoms with Gasteiger partial charge in [0, 0.05) is 10.6 Å². The molecule has 6 heteroatoms. The minimum absolute atomic E-state index is 0.208. The van der Waals surface area contributed by atoms with Crippen molar-refractivity contribution in [2.75, 3.05) is 25.2 Å². The van der Waals surface area contributed by atoms with Gasteiger partial charge in [-0.2, -0.15) is 0 Å². The minimum Gasteiger partial charge on any atom is -0.497 e. The number of amides is 1. The van der Waals surface area contributed by atoms with Gasteiger partial charge in [0.2, 0.25) is 0 Å². The molecule has 130 valence electrons. The average molecular weight is 360 g/mol. The SMILES string of the molecule is COc1ccc(CN2C(=O)C3(OCCCO3)c3cc(Cl)ccc32)cc1. The second kappa shape index (κ2) is 6.33. The number of nitrogens with zero attached hydrogens (tertiary/aromatic N) is 1. The highest BCUT2D eigenvalue weighted by Gasteiger charge is 2.54. The molecule has 1 spiro atoms. The highest BCUT2D eigenvalue weighted by atomic mass is 35.5. The van der Waals surface area contributed by atoms with Crippen LogP contribution >= 0.6 is 11.6 Å². The summed E-state index contributed by atoms with van der Waals surface area (Å²) in [4.78, 5) is 14.9. The fourth-order valence-electron chi connectivity index (χ4n) is 3.29. The monoisotopic (exact) mass is 359 g/mol. The van der Waals surface area contributed by atoms with Crippen LogP contribution in [0, 0.1) is 0 Å². The number of carbonyl (C=O) groups excluding carboxylic acids is 1. The maximum atomic E-state index is 13.2. The Hall–Kier alpha value is -2.08. The van der Waals surface area contributed by atoms with E-state index in [1.54, 1.807) is 24.1 Å². The largest absolute Gasteiger partial charge is 0.497 e. The number of fused-ring (bicyclic) bond motifs is 2. The average Bonchev–Trinajstić information content (AvgIpc) is 2.85. The molecule has 1 fully saturated rings. The number of carbonyl (C=O) groups is 1. The van der Waals surface area contributed by atoms with E-state index in [-0.39, 0.29) is 5.91 Å². The lowest BCUT2D eigenvalue weighted by Crippen LogP contribution is -2.47. The lowest BCUT2D eigenvalue weighted by atomic mass is 10.1. The van der Waals surface area contributed by atoms with Crippen molar-refractivity contribution in [1.82, 2.24) is 0 Å². The van der Waals surface area contributed by atoms with Crippen molar-refractivity contribution in [2.24, 2.45) is 0 Å². The zero-order valence-corrected chi connectivity index (χ0v) is 14.6. The second-order valence-corrected chi connectivity index (χ2v) is 6.50. The Kier molecular flexibility index (Phi) is 4.15. The van der Waals surface area contributed by atoms with E-state index >= 15 is 0 Å². The number of ether oxygens (including phenoxy) is 3. The Morgan fingerprint density at radius 1 is 1.16 bits per heavy atom. The normalized spacial score (nSPS) is 18.5. The molecule has 0 N–H and O–H groups in total. The zero-order chi connectivity index (χ0) is 17.4. The molecule has 25 heavy (non-hydrogen) atoms. The number of hydrogen-bond acceptors (Lipinski definition) is 4. The first-order valence-corrected chi connectivity index (χ1v) is 8.55. The van der Waals surface area contributed by atoms with Crippen molar-refractivity contribution in [3.05, 3.63) is 58.6 Å². The Balaban J connectivity index is 1.72. The van der Waals surface area contributed by atoms with E-state index in [2.05, 4.69) is 0 Å². The van der Waals surface area contributed by atoms with Gasteiger partial charge in [0.1, 0.15) is 5.75 Å². The highest BCUT2D eigenvalue weighted by molar-refractivity contribution is 6.31. The Morgan fingerprint density at radius 3 is 2.56 bits per heavy atom. The summed E-state index contributed by atoms with van der Waals surface area (Å²) in [5.41, 5.74) is 2.44. The standard InChI is InChI=1S/C19H18ClNO4/c1-23-15-6-3-13(4-7-15)12-21-17-8-5-14(20)11-16(17)19(18(21)22)24-9-2-10-25-19/h3-8,11H,2,9-10,12H2,1H3. The molecule has 5 nitrogen and oxygen atoms in total. The third-order valence-corrected chi connectivity index (χ3v) is 4.76. The van der Waals surface area contributed by atoms with E-state index < -0.39 is 5.79 Å². The Labute approximate surface area is 151 Å². The maximum absolute atomic E-state index is 13.2. The van der Waals surface area contributed by atoms with Crippen LogP contribution in [0.1, 0.15) is 17.5 Å². The first kappa shape index (κ1) is 16.4. The molecule has 2 aromatic rings. The van der Waals surface area contributed by atoms with Gasteiger partial charge in [0.25, 0.3) is 11.7 Å². The van der Waals surface area contributed by atoms with Crippen LogP contribution in [-0.2, 0) is 26.6 Å². The van der Waals surface area contributed by atoms with E-state index in [9.17, 15) is 4.79 Å². The maximum Gasteiger partial charge on any atom is 0.292 e. The summed E-state index contributed by atoms with van der Waals surface area (Å²) >= 11 is 6.16. The van der Waals surface area contributed by atoms with Gasteiger partial charge in [-0.25, -0.2) is 0 Å². The molecular weight excluding hydrogens is 342 g/mol. The highest BCUT2D eigenvalue weighted by Crippen LogP contribution is 2.46. The zero-order valence-electron chi connectivity index (χ0n) is 13.8. The number of anilines is 1. The Morgan fingerprint density at radius 2 is 1.88 bits per heavy atom. The van der Waals surface area contributed by atoms with Crippen LogP contribution in [0.25, 0.3) is 0 Å². The van der Waals surface area contributed by atoms with Crippen LogP contribution in [0.2, 0.25) is 5.02 Å². The molecule has 0 bridgehead atoms. The van der Waals surface area contributed by atoms with Gasteiger partial charge in [0.05, 0.1) is 32.6 Å². The predicted molar refractivity (Wildman–Crippen MR) is 93.8 cm³/mol. The van der Waals surface area contributed by atoms with Crippen LogP contribution in [0.3, 0.4) is 0 Å². The molecule has 2 aliphatic rings. The van der Waals surface area contributed by atoms with E-state index in [1.165, 1.54) is 0 Å². The van der Waals surface area contributed by atoms with Crippen LogP contribution < -0.4 is 9.64 Å². The number of benzene rings is 2. The van der Waals surface area contributed by atoms with Crippen molar-refractivity contribution in [2.45, 2.75) is 18.8 Å². The fourth-order valence-corrected chi connectivity index (χ4v) is 3.46. The molecular formula is C19H18ClNO4. The first-order chi connectivity index (χ1) is 12.1. The van der Waals surface area contributed by atoms with Crippen LogP contribution in [-0.4, -0.2) is 26.2 Å². The molecule has 0 unspecified atom stereocenters. The van der Waals surface area contributed by atoms with Gasteiger partial charge in [-0.05, 0) is 42.3 Å². The van der Waals surface area contributed by atoms with E-state index in [0.29, 0.717) is 30.3 Å². The molecule has 4 rings (SSSR count). The molecule has 0 atom stereocenters. The molecule has 2 aromatic carbocycles. The summed E-state index contributed by atoms with van der Waals surface area (Å²) in [6.45, 7) is 1.38. The van der Waals surface area contributed by atoms with Gasteiger partial charge >= 0.3 is 0 Å². The van der Waals surface area contributed by atoms with E-state index in [0.717, 1.165) is 23.4 Å². The summed E-state index contributed by atoms with van der Waals surface area (Å²) in [5, 5.41) is 0.551. The smallest absolute Gasteiger partial charge is 0.292 e. The third-order valence-electron chi connectivity index (χ3n) is 4.53. The Bertz CT molecular complexity index is 800. The summed E-state index contributed by atoms with van der Waals surface area (Å²) in [5.74, 6) is -0.801. The second-order valence-electron chi connectivity index (χ2n) is 6.07. The minimum atomic E-state index is -1.37. The molecule has 0 aliphatic carbocycles. The van der Waals surface area contributed by atoms with E-state index in [4.69, 9.17) is 25.8 Å². The molecule has 0 aromatic heterocycles. The summed E-state index contributed by atoms with van der Waals surface area (Å²) in [6.07, 6.45) is 0.767. The molecule has 1 saturated heterocycles. The van der Waals surface area contributed by atoms with Crippen molar-refractivity contribution in [1.29, 1.82) is 0 Å². The summed E-state index contributed by atoms with van der Waals surface area (Å²) in [7, 11) is 1.63. The lowest BCUT2D eigenvalue weighted by Gasteiger charge is -2.32. The number of methoxy groups -OCH3 is 1.